The number of non-ortho nitro benzene ring substituents is 1. The lowest BCUT2D eigenvalue weighted by Crippen LogP contribution is -2.13. The standard InChI is InChI=1S/C22H15Cl2N3O4/c1-11-7-12(2)20-19(8-11)26-22(31-20)16-9-13(3-5-18(16)24)25-21(28)15-10-14(27(29)30)4-6-17(15)23/h3-10H,1-2H3,(H,25,28). The Morgan fingerprint density at radius 3 is 2.55 bits per heavy atom. The third-order valence-electron chi connectivity index (χ3n) is 4.68. The number of carbonyl (C=O) groups excluding carboxylic acids is 1. The third kappa shape index (κ3) is 4.10. The lowest BCUT2D eigenvalue weighted by Gasteiger charge is -2.09. The summed E-state index contributed by atoms with van der Waals surface area (Å²) in [6, 6.07) is 12.4. The molecule has 7 nitrogen and oxygen atoms in total. The van der Waals surface area contributed by atoms with Crippen LogP contribution in [-0.4, -0.2) is 15.8 Å². The molecule has 156 valence electrons. The maximum atomic E-state index is 12.7. The van der Waals surface area contributed by atoms with Crippen molar-refractivity contribution in [3.05, 3.63) is 85.4 Å². The first-order chi connectivity index (χ1) is 14.7. The van der Waals surface area contributed by atoms with E-state index in [0.717, 1.165) is 17.2 Å². The average Bonchev–Trinajstić information content (AvgIpc) is 3.13. The average molecular weight is 456 g/mol. The molecule has 1 amide bonds. The first-order valence-electron chi connectivity index (χ1n) is 9.16. The second-order valence-electron chi connectivity index (χ2n) is 7.02. The Labute approximate surface area is 186 Å². The Morgan fingerprint density at radius 2 is 1.81 bits per heavy atom. The zero-order chi connectivity index (χ0) is 22.3. The summed E-state index contributed by atoms with van der Waals surface area (Å²) in [6.07, 6.45) is 0. The Balaban J connectivity index is 1.69. The van der Waals surface area contributed by atoms with Crippen LogP contribution in [-0.2, 0) is 0 Å². The molecule has 0 radical (unpaired) electrons. The van der Waals surface area contributed by atoms with Crippen LogP contribution in [0.2, 0.25) is 10.0 Å². The molecule has 0 atom stereocenters. The van der Waals surface area contributed by atoms with Gasteiger partial charge < -0.3 is 9.73 Å². The SMILES string of the molecule is Cc1cc(C)c2oc(-c3cc(NC(=O)c4cc([N+](=O)[O-])ccc4Cl)ccc3Cl)nc2c1. The van der Waals surface area contributed by atoms with Crippen LogP contribution in [0.4, 0.5) is 11.4 Å². The number of carbonyl (C=O) groups is 1. The minimum absolute atomic E-state index is 0.0136. The molecule has 0 bridgehead atoms. The van der Waals surface area contributed by atoms with Crippen molar-refractivity contribution < 1.29 is 14.1 Å². The number of nitrogens with zero attached hydrogens (tertiary/aromatic N) is 2. The number of halogens is 2. The highest BCUT2D eigenvalue weighted by Gasteiger charge is 2.18. The predicted octanol–water partition coefficient (Wildman–Crippen LogP) is 6.58. The van der Waals surface area contributed by atoms with E-state index in [1.807, 2.05) is 26.0 Å². The number of nitro benzene ring substituents is 1. The van der Waals surface area contributed by atoms with E-state index in [2.05, 4.69) is 10.3 Å². The van der Waals surface area contributed by atoms with Gasteiger partial charge in [-0.1, -0.05) is 29.3 Å². The summed E-state index contributed by atoms with van der Waals surface area (Å²) in [5.41, 5.74) is 4.04. The fourth-order valence-electron chi connectivity index (χ4n) is 3.26. The minimum atomic E-state index is -0.593. The Kier molecular flexibility index (Phi) is 5.39. The maximum Gasteiger partial charge on any atom is 0.270 e. The molecule has 0 saturated heterocycles. The molecular formula is C22H15Cl2N3O4. The van der Waals surface area contributed by atoms with Crippen LogP contribution in [0.15, 0.2) is 52.9 Å². The molecule has 31 heavy (non-hydrogen) atoms. The van der Waals surface area contributed by atoms with E-state index in [1.54, 1.807) is 18.2 Å². The van der Waals surface area contributed by atoms with Gasteiger partial charge in [-0.25, -0.2) is 4.98 Å². The van der Waals surface area contributed by atoms with Crippen molar-refractivity contribution >= 4 is 51.6 Å². The molecular weight excluding hydrogens is 441 g/mol. The van der Waals surface area contributed by atoms with Crippen LogP contribution < -0.4 is 5.32 Å². The number of hydrogen-bond donors (Lipinski definition) is 1. The van der Waals surface area contributed by atoms with E-state index in [9.17, 15) is 14.9 Å². The lowest BCUT2D eigenvalue weighted by atomic mass is 10.1. The summed E-state index contributed by atoms with van der Waals surface area (Å²) in [5.74, 6) is -0.274. The van der Waals surface area contributed by atoms with Gasteiger partial charge in [0.15, 0.2) is 5.58 Å². The fourth-order valence-corrected chi connectivity index (χ4v) is 3.66. The van der Waals surface area contributed by atoms with Crippen LogP contribution in [0.25, 0.3) is 22.6 Å². The number of nitrogens with one attached hydrogen (secondary N) is 1. The number of hydrogen-bond acceptors (Lipinski definition) is 5. The van der Waals surface area contributed by atoms with Gasteiger partial charge in [-0.15, -0.1) is 0 Å². The quantitative estimate of drug-likeness (QED) is 0.276. The molecule has 1 N–H and O–H groups in total. The summed E-state index contributed by atoms with van der Waals surface area (Å²) < 4.78 is 5.92. The number of aryl methyl sites for hydroxylation is 2. The van der Waals surface area contributed by atoms with Gasteiger partial charge >= 0.3 is 0 Å². The molecule has 1 aromatic heterocycles. The van der Waals surface area contributed by atoms with Crippen molar-refractivity contribution in [2.75, 3.05) is 5.32 Å². The van der Waals surface area contributed by atoms with Crippen molar-refractivity contribution in [3.8, 4) is 11.5 Å². The predicted molar refractivity (Wildman–Crippen MR) is 120 cm³/mol. The van der Waals surface area contributed by atoms with Gasteiger partial charge in [0.05, 0.1) is 26.1 Å². The number of benzene rings is 3. The molecule has 1 heterocycles. The van der Waals surface area contributed by atoms with Gasteiger partial charge in [0.1, 0.15) is 5.52 Å². The van der Waals surface area contributed by atoms with Gasteiger partial charge in [-0.05, 0) is 55.3 Å². The van der Waals surface area contributed by atoms with Gasteiger partial charge in [-0.2, -0.15) is 0 Å². The summed E-state index contributed by atoms with van der Waals surface area (Å²) in [6.45, 7) is 3.91. The summed E-state index contributed by atoms with van der Waals surface area (Å²) in [4.78, 5) is 27.6. The first-order valence-corrected chi connectivity index (χ1v) is 9.91. The lowest BCUT2D eigenvalue weighted by molar-refractivity contribution is -0.384. The van der Waals surface area contributed by atoms with Crippen molar-refractivity contribution in [2.24, 2.45) is 0 Å². The Hall–Kier alpha value is -3.42. The first kappa shape index (κ1) is 20.8. The van der Waals surface area contributed by atoms with Gasteiger partial charge in [0, 0.05) is 17.8 Å². The highest BCUT2D eigenvalue weighted by Crippen LogP contribution is 2.34. The topological polar surface area (TPSA) is 98.3 Å². The second-order valence-corrected chi connectivity index (χ2v) is 7.83. The van der Waals surface area contributed by atoms with E-state index >= 15 is 0 Å². The van der Waals surface area contributed by atoms with Gasteiger partial charge in [-0.3, -0.25) is 14.9 Å². The number of amides is 1. The second kappa shape index (κ2) is 8.02. The zero-order valence-corrected chi connectivity index (χ0v) is 17.9. The van der Waals surface area contributed by atoms with Crippen molar-refractivity contribution in [1.82, 2.24) is 4.98 Å². The molecule has 4 aromatic rings. The number of nitro groups is 1. The zero-order valence-electron chi connectivity index (χ0n) is 16.4. The molecule has 0 unspecified atom stereocenters. The van der Waals surface area contributed by atoms with Gasteiger partial charge in [0.25, 0.3) is 11.6 Å². The van der Waals surface area contributed by atoms with Crippen molar-refractivity contribution in [2.45, 2.75) is 13.8 Å². The summed E-state index contributed by atoms with van der Waals surface area (Å²) >= 11 is 12.4. The summed E-state index contributed by atoms with van der Waals surface area (Å²) in [7, 11) is 0. The molecule has 0 fully saturated rings. The Bertz CT molecular complexity index is 1360. The van der Waals surface area contributed by atoms with E-state index in [-0.39, 0.29) is 16.3 Å². The molecule has 3 aromatic carbocycles. The minimum Gasteiger partial charge on any atom is -0.436 e. The van der Waals surface area contributed by atoms with E-state index in [4.69, 9.17) is 27.6 Å². The number of fused-ring (bicyclic) bond motifs is 1. The highest BCUT2D eigenvalue weighted by atomic mass is 35.5. The normalized spacial score (nSPS) is 11.0. The van der Waals surface area contributed by atoms with E-state index in [0.29, 0.717) is 33.3 Å². The molecule has 0 aliphatic heterocycles. The van der Waals surface area contributed by atoms with Gasteiger partial charge in [0.2, 0.25) is 5.89 Å². The van der Waals surface area contributed by atoms with Crippen molar-refractivity contribution in [1.29, 1.82) is 0 Å². The highest BCUT2D eigenvalue weighted by molar-refractivity contribution is 6.35. The summed E-state index contributed by atoms with van der Waals surface area (Å²) in [5, 5.41) is 14.2. The number of rotatable bonds is 4. The van der Waals surface area contributed by atoms with Crippen LogP contribution in [0, 0.1) is 24.0 Å². The van der Waals surface area contributed by atoms with Crippen LogP contribution in [0.3, 0.4) is 0 Å². The smallest absolute Gasteiger partial charge is 0.270 e. The monoisotopic (exact) mass is 455 g/mol. The molecule has 0 aliphatic rings. The fraction of sp³-hybridized carbons (Fsp3) is 0.0909. The van der Waals surface area contributed by atoms with E-state index < -0.39 is 10.8 Å². The molecule has 0 aliphatic carbocycles. The largest absolute Gasteiger partial charge is 0.436 e. The van der Waals surface area contributed by atoms with Crippen LogP contribution >= 0.6 is 23.2 Å². The molecule has 0 spiro atoms. The van der Waals surface area contributed by atoms with Crippen LogP contribution in [0.1, 0.15) is 21.5 Å². The number of oxazole rings is 1. The van der Waals surface area contributed by atoms with E-state index in [1.165, 1.54) is 12.1 Å². The molecule has 0 saturated carbocycles. The van der Waals surface area contributed by atoms with Crippen molar-refractivity contribution in [3.63, 3.8) is 0 Å². The number of anilines is 1. The number of aromatic nitrogens is 1. The van der Waals surface area contributed by atoms with Crippen LogP contribution in [0.5, 0.6) is 0 Å². The molecule has 4 rings (SSSR count). The third-order valence-corrected chi connectivity index (χ3v) is 5.34. The maximum absolute atomic E-state index is 12.7. The Morgan fingerprint density at radius 1 is 1.06 bits per heavy atom. The molecule has 9 heteroatoms.